The molecular weight excluding hydrogens is 398 g/mol. The Morgan fingerprint density at radius 2 is 2.00 bits per heavy atom. The van der Waals surface area contributed by atoms with Gasteiger partial charge in [0.1, 0.15) is 6.04 Å². The molecule has 0 bridgehead atoms. The number of aliphatic carboxylic acids is 1. The lowest BCUT2D eigenvalue weighted by atomic mass is 9.80. The van der Waals surface area contributed by atoms with Crippen molar-refractivity contribution in [1.82, 2.24) is 10.2 Å². The van der Waals surface area contributed by atoms with Crippen molar-refractivity contribution < 1.29 is 24.2 Å². The number of primary amides is 1. The molecule has 3 fully saturated rings. The number of rotatable bonds is 6. The van der Waals surface area contributed by atoms with Crippen molar-refractivity contribution >= 4 is 17.8 Å². The monoisotopic (exact) mass is 429 g/mol. The Hall–Kier alpha value is -2.45. The van der Waals surface area contributed by atoms with E-state index < -0.39 is 23.3 Å². The highest BCUT2D eigenvalue weighted by Crippen LogP contribution is 2.58. The molecule has 1 aliphatic carbocycles. The molecule has 168 valence electrons. The Kier molecular flexibility index (Phi) is 6.03. The number of methoxy groups -OCH3 is 1. The fraction of sp³-hybridized carbons (Fsp3) is 0.609. The summed E-state index contributed by atoms with van der Waals surface area (Å²) in [6.45, 7) is 2.26. The maximum atomic E-state index is 13.2. The van der Waals surface area contributed by atoms with Crippen LogP contribution in [-0.4, -0.2) is 60.6 Å². The lowest BCUT2D eigenvalue weighted by Gasteiger charge is -2.39. The summed E-state index contributed by atoms with van der Waals surface area (Å²) in [5, 5.41) is 12.9. The Bertz CT molecular complexity index is 867. The Morgan fingerprint density at radius 1 is 1.26 bits per heavy atom. The van der Waals surface area contributed by atoms with E-state index in [-0.39, 0.29) is 17.7 Å². The summed E-state index contributed by atoms with van der Waals surface area (Å²) in [6, 6.07) is 7.62. The number of carbonyl (C=O) groups excluding carboxylic acids is 2. The van der Waals surface area contributed by atoms with Crippen LogP contribution in [0.2, 0.25) is 0 Å². The highest BCUT2D eigenvalue weighted by molar-refractivity contribution is 5.89. The van der Waals surface area contributed by atoms with E-state index in [4.69, 9.17) is 10.5 Å². The summed E-state index contributed by atoms with van der Waals surface area (Å²) >= 11 is 0. The van der Waals surface area contributed by atoms with Crippen LogP contribution in [0.3, 0.4) is 0 Å². The Labute approximate surface area is 182 Å². The van der Waals surface area contributed by atoms with E-state index in [9.17, 15) is 19.5 Å². The van der Waals surface area contributed by atoms with E-state index in [0.717, 1.165) is 18.4 Å². The number of carboxylic acids is 1. The predicted octanol–water partition coefficient (Wildman–Crippen LogP) is 1.09. The van der Waals surface area contributed by atoms with Crippen LogP contribution in [0.15, 0.2) is 24.3 Å². The number of carboxylic acid groups (broad SMARTS) is 1. The van der Waals surface area contributed by atoms with Gasteiger partial charge in [-0.1, -0.05) is 24.3 Å². The zero-order valence-electron chi connectivity index (χ0n) is 17.9. The topological polar surface area (TPSA) is 122 Å². The van der Waals surface area contributed by atoms with Gasteiger partial charge in [-0.25, -0.2) is 0 Å². The number of nitrogens with two attached hydrogens (primary N) is 1. The van der Waals surface area contributed by atoms with E-state index in [1.165, 1.54) is 5.56 Å². The van der Waals surface area contributed by atoms with Gasteiger partial charge in [-0.3, -0.25) is 14.4 Å². The van der Waals surface area contributed by atoms with Crippen molar-refractivity contribution in [1.29, 1.82) is 0 Å². The molecule has 2 amide bonds. The molecule has 4 unspecified atom stereocenters. The second kappa shape index (κ2) is 8.59. The molecule has 0 aromatic heterocycles. The smallest absolute Gasteiger partial charge is 0.308 e. The summed E-state index contributed by atoms with van der Waals surface area (Å²) in [7, 11) is 1.68. The average molecular weight is 430 g/mol. The first-order chi connectivity index (χ1) is 14.8. The summed E-state index contributed by atoms with van der Waals surface area (Å²) in [5.74, 6) is -2.28. The van der Waals surface area contributed by atoms with Crippen LogP contribution in [0.4, 0.5) is 0 Å². The second-order valence-corrected chi connectivity index (χ2v) is 9.31. The van der Waals surface area contributed by atoms with Crippen LogP contribution in [0, 0.1) is 17.3 Å². The average Bonchev–Trinajstić information content (AvgIpc) is 3.47. The fourth-order valence-corrected chi connectivity index (χ4v) is 5.48. The molecular formula is C23H31N3O5. The minimum Gasteiger partial charge on any atom is -0.481 e. The highest BCUT2D eigenvalue weighted by atomic mass is 16.5. The van der Waals surface area contributed by atoms with Gasteiger partial charge in [0.25, 0.3) is 0 Å². The quantitative estimate of drug-likeness (QED) is 0.622. The van der Waals surface area contributed by atoms with Crippen LogP contribution in [0.5, 0.6) is 0 Å². The van der Waals surface area contributed by atoms with Gasteiger partial charge in [0.05, 0.1) is 12.5 Å². The van der Waals surface area contributed by atoms with Crippen molar-refractivity contribution in [2.75, 3.05) is 26.7 Å². The number of piperidine rings is 2. The van der Waals surface area contributed by atoms with Crippen LogP contribution < -0.4 is 11.1 Å². The number of hydrogen-bond donors (Lipinski definition) is 3. The zero-order valence-corrected chi connectivity index (χ0v) is 17.9. The molecule has 1 aromatic carbocycles. The van der Waals surface area contributed by atoms with Gasteiger partial charge in [-0.2, -0.15) is 0 Å². The molecule has 31 heavy (non-hydrogen) atoms. The summed E-state index contributed by atoms with van der Waals surface area (Å²) in [6.07, 6.45) is 2.62. The van der Waals surface area contributed by atoms with Gasteiger partial charge >= 0.3 is 5.97 Å². The zero-order chi connectivity index (χ0) is 22.2. The third-order valence-electron chi connectivity index (χ3n) is 7.36. The van der Waals surface area contributed by atoms with Gasteiger partial charge in [0, 0.05) is 32.7 Å². The van der Waals surface area contributed by atoms with Crippen LogP contribution >= 0.6 is 0 Å². The van der Waals surface area contributed by atoms with Crippen molar-refractivity contribution in [3.63, 3.8) is 0 Å². The molecule has 2 heterocycles. The fourth-order valence-electron chi connectivity index (χ4n) is 5.48. The molecule has 2 aliphatic heterocycles. The van der Waals surface area contributed by atoms with E-state index in [1.54, 1.807) is 12.0 Å². The second-order valence-electron chi connectivity index (χ2n) is 9.31. The van der Waals surface area contributed by atoms with Gasteiger partial charge in [-0.15, -0.1) is 0 Å². The number of hydrogen-bond acceptors (Lipinski definition) is 5. The number of carbonyl (C=O) groups is 3. The number of ether oxygens (including phenoxy) is 1. The molecule has 4 rings (SSSR count). The van der Waals surface area contributed by atoms with Crippen LogP contribution in [-0.2, 0) is 25.7 Å². The predicted molar refractivity (Wildman–Crippen MR) is 113 cm³/mol. The molecule has 8 heteroatoms. The minimum absolute atomic E-state index is 0.148. The maximum Gasteiger partial charge on any atom is 0.308 e. The molecule has 3 aliphatic rings. The summed E-state index contributed by atoms with van der Waals surface area (Å²) < 4.78 is 5.22. The third-order valence-corrected chi connectivity index (χ3v) is 7.36. The van der Waals surface area contributed by atoms with E-state index in [1.807, 2.05) is 12.1 Å². The standard InChI is InChI=1S/C23H31N3O5/c1-31-12-14-3-2-4-16(9-14)15-5-7-26(8-6-15)21(28)19-17(22(29)30)10-23(13-25-19)11-18(23)20(24)27/h2-4,9,15,17-19,25H,5-8,10-13H2,1H3,(H2,24,27)(H,29,30). The molecule has 1 spiro atoms. The van der Waals surface area contributed by atoms with Crippen molar-refractivity contribution in [2.24, 2.45) is 23.0 Å². The van der Waals surface area contributed by atoms with Crippen LogP contribution in [0.25, 0.3) is 0 Å². The number of amides is 2. The van der Waals surface area contributed by atoms with Gasteiger partial charge in [0.15, 0.2) is 0 Å². The van der Waals surface area contributed by atoms with Crippen molar-refractivity contribution in [3.8, 4) is 0 Å². The highest BCUT2D eigenvalue weighted by Gasteiger charge is 2.62. The van der Waals surface area contributed by atoms with Crippen molar-refractivity contribution in [3.05, 3.63) is 35.4 Å². The lowest BCUT2D eigenvalue weighted by Crippen LogP contribution is -2.58. The first kappa shape index (κ1) is 21.8. The number of benzene rings is 1. The largest absolute Gasteiger partial charge is 0.481 e. The summed E-state index contributed by atoms with van der Waals surface area (Å²) in [4.78, 5) is 38.5. The molecule has 1 saturated carbocycles. The first-order valence-electron chi connectivity index (χ1n) is 11.0. The van der Waals surface area contributed by atoms with E-state index >= 15 is 0 Å². The molecule has 4 atom stereocenters. The molecule has 4 N–H and O–H groups in total. The molecule has 0 radical (unpaired) electrons. The normalized spacial score (nSPS) is 30.9. The molecule has 8 nitrogen and oxygen atoms in total. The van der Waals surface area contributed by atoms with Gasteiger partial charge < -0.3 is 25.8 Å². The van der Waals surface area contributed by atoms with Gasteiger partial charge in [-0.05, 0) is 48.1 Å². The molecule has 2 saturated heterocycles. The first-order valence-corrected chi connectivity index (χ1v) is 11.0. The van der Waals surface area contributed by atoms with Crippen molar-refractivity contribution in [2.45, 2.75) is 44.2 Å². The Morgan fingerprint density at radius 3 is 2.61 bits per heavy atom. The molecule has 1 aromatic rings. The maximum absolute atomic E-state index is 13.2. The SMILES string of the molecule is COCc1cccc(C2CCN(C(=O)C3NCC4(CC3C(=O)O)CC4C(N)=O)CC2)c1. The third kappa shape index (κ3) is 4.32. The number of nitrogens with one attached hydrogen (secondary N) is 1. The van der Waals surface area contributed by atoms with Gasteiger partial charge in [0.2, 0.25) is 11.8 Å². The number of likely N-dealkylation sites (tertiary alicyclic amines) is 1. The minimum atomic E-state index is -0.995. The van der Waals surface area contributed by atoms with Crippen LogP contribution in [0.1, 0.15) is 42.7 Å². The lowest BCUT2D eigenvalue weighted by molar-refractivity contribution is -0.151. The van der Waals surface area contributed by atoms with E-state index in [0.29, 0.717) is 45.0 Å². The van der Waals surface area contributed by atoms with E-state index in [2.05, 4.69) is 17.4 Å². The number of nitrogens with zero attached hydrogens (tertiary/aromatic N) is 1. The summed E-state index contributed by atoms with van der Waals surface area (Å²) in [5.41, 5.74) is 7.42. The Balaban J connectivity index is 1.37.